The van der Waals surface area contributed by atoms with Crippen molar-refractivity contribution in [1.82, 2.24) is 4.72 Å². The first-order valence-corrected chi connectivity index (χ1v) is 7.45. The second kappa shape index (κ2) is 6.01. The summed E-state index contributed by atoms with van der Waals surface area (Å²) in [6.45, 7) is 2.96. The molecular formula is C12H17F3N2O2S. The van der Waals surface area contributed by atoms with Gasteiger partial charge in [0.2, 0.25) is 10.0 Å². The quantitative estimate of drug-likeness (QED) is 0.648. The van der Waals surface area contributed by atoms with E-state index in [-0.39, 0.29) is 23.5 Å². The van der Waals surface area contributed by atoms with Gasteiger partial charge in [-0.3, -0.25) is 0 Å². The van der Waals surface area contributed by atoms with Crippen molar-refractivity contribution in [3.8, 4) is 0 Å². The molecule has 4 nitrogen and oxygen atoms in total. The van der Waals surface area contributed by atoms with Gasteiger partial charge in [0.25, 0.3) is 0 Å². The zero-order valence-electron chi connectivity index (χ0n) is 11.2. The molecule has 114 valence electrons. The summed E-state index contributed by atoms with van der Waals surface area (Å²) in [5, 5.41) is 0. The molecule has 0 aliphatic rings. The minimum atomic E-state index is -4.29. The lowest BCUT2D eigenvalue weighted by Crippen LogP contribution is -2.27. The Morgan fingerprint density at radius 1 is 1.20 bits per heavy atom. The number of hydrogen-bond donors (Lipinski definition) is 2. The van der Waals surface area contributed by atoms with Gasteiger partial charge in [0.05, 0.1) is 5.69 Å². The highest BCUT2D eigenvalue weighted by Crippen LogP contribution is 2.26. The summed E-state index contributed by atoms with van der Waals surface area (Å²) >= 11 is 0. The van der Waals surface area contributed by atoms with E-state index in [0.29, 0.717) is 11.1 Å². The molecule has 0 spiro atoms. The van der Waals surface area contributed by atoms with Crippen molar-refractivity contribution >= 4 is 15.7 Å². The van der Waals surface area contributed by atoms with E-state index in [0.717, 1.165) is 0 Å². The van der Waals surface area contributed by atoms with Crippen molar-refractivity contribution in [1.29, 1.82) is 0 Å². The van der Waals surface area contributed by atoms with Crippen LogP contribution in [0.15, 0.2) is 17.0 Å². The fourth-order valence-electron chi connectivity index (χ4n) is 1.73. The molecule has 1 aromatic rings. The molecule has 0 atom stereocenters. The van der Waals surface area contributed by atoms with Gasteiger partial charge in [-0.1, -0.05) is 12.1 Å². The lowest BCUT2D eigenvalue weighted by Gasteiger charge is -2.13. The van der Waals surface area contributed by atoms with Crippen LogP contribution in [0.3, 0.4) is 0 Å². The molecule has 0 aliphatic heterocycles. The van der Waals surface area contributed by atoms with Crippen LogP contribution in [0, 0.1) is 13.8 Å². The van der Waals surface area contributed by atoms with Crippen LogP contribution in [-0.4, -0.2) is 21.1 Å². The highest BCUT2D eigenvalue weighted by Gasteiger charge is 2.27. The molecule has 1 rings (SSSR count). The Morgan fingerprint density at radius 3 is 2.30 bits per heavy atom. The summed E-state index contributed by atoms with van der Waals surface area (Å²) < 4.78 is 62.3. The Balaban J connectivity index is 2.83. The molecule has 8 heteroatoms. The predicted molar refractivity (Wildman–Crippen MR) is 70.8 cm³/mol. The van der Waals surface area contributed by atoms with Crippen molar-refractivity contribution in [2.75, 3.05) is 12.3 Å². The standard InChI is InChI=1S/C12H17F3N2O2S/c1-8-4-5-9(2)11(10(8)16)20(18,19)17-7-3-6-12(13,14)15/h4-5,17H,3,6-7,16H2,1-2H3. The highest BCUT2D eigenvalue weighted by molar-refractivity contribution is 7.89. The van der Waals surface area contributed by atoms with Crippen molar-refractivity contribution in [3.05, 3.63) is 23.3 Å². The third-order valence-electron chi connectivity index (χ3n) is 2.81. The van der Waals surface area contributed by atoms with E-state index in [2.05, 4.69) is 4.72 Å². The van der Waals surface area contributed by atoms with E-state index < -0.39 is 22.6 Å². The average Bonchev–Trinajstić information content (AvgIpc) is 2.29. The Morgan fingerprint density at radius 2 is 1.75 bits per heavy atom. The van der Waals surface area contributed by atoms with Crippen LogP contribution in [-0.2, 0) is 10.0 Å². The predicted octanol–water partition coefficient (Wildman–Crippen LogP) is 2.51. The maximum absolute atomic E-state index is 12.1. The van der Waals surface area contributed by atoms with Gasteiger partial charge in [-0.15, -0.1) is 0 Å². The van der Waals surface area contributed by atoms with E-state index in [1.54, 1.807) is 26.0 Å². The number of nitrogens with two attached hydrogens (primary N) is 1. The number of alkyl halides is 3. The van der Waals surface area contributed by atoms with Crippen LogP contribution in [0.1, 0.15) is 24.0 Å². The van der Waals surface area contributed by atoms with Crippen LogP contribution in [0.25, 0.3) is 0 Å². The zero-order chi connectivity index (χ0) is 15.6. The summed E-state index contributed by atoms with van der Waals surface area (Å²) in [6, 6.07) is 3.29. The number of halogens is 3. The third kappa shape index (κ3) is 4.38. The summed E-state index contributed by atoms with van der Waals surface area (Å²) in [5.41, 5.74) is 6.92. The fraction of sp³-hybridized carbons (Fsp3) is 0.500. The topological polar surface area (TPSA) is 72.2 Å². The molecule has 0 saturated heterocycles. The van der Waals surface area contributed by atoms with Crippen molar-refractivity contribution in [2.45, 2.75) is 37.8 Å². The molecule has 0 radical (unpaired) electrons. The zero-order valence-corrected chi connectivity index (χ0v) is 12.0. The van der Waals surface area contributed by atoms with Crippen LogP contribution in [0.5, 0.6) is 0 Å². The maximum atomic E-state index is 12.1. The number of nitrogens with one attached hydrogen (secondary N) is 1. The maximum Gasteiger partial charge on any atom is 0.389 e. The monoisotopic (exact) mass is 310 g/mol. The molecule has 0 amide bonds. The minimum absolute atomic E-state index is 0.0653. The molecule has 3 N–H and O–H groups in total. The van der Waals surface area contributed by atoms with E-state index in [4.69, 9.17) is 5.73 Å². The van der Waals surface area contributed by atoms with Crippen molar-refractivity contribution in [2.24, 2.45) is 0 Å². The van der Waals surface area contributed by atoms with Gasteiger partial charge in [0.15, 0.2) is 0 Å². The minimum Gasteiger partial charge on any atom is -0.397 e. The first kappa shape index (κ1) is 16.8. The van der Waals surface area contributed by atoms with E-state index in [9.17, 15) is 21.6 Å². The van der Waals surface area contributed by atoms with Crippen LogP contribution < -0.4 is 10.5 Å². The van der Waals surface area contributed by atoms with E-state index >= 15 is 0 Å². The largest absolute Gasteiger partial charge is 0.397 e. The summed E-state index contributed by atoms with van der Waals surface area (Å²) in [4.78, 5) is -0.0653. The third-order valence-corrected chi connectivity index (χ3v) is 4.47. The highest BCUT2D eigenvalue weighted by atomic mass is 32.2. The second-order valence-electron chi connectivity index (χ2n) is 4.56. The molecule has 0 aliphatic carbocycles. The SMILES string of the molecule is Cc1ccc(C)c(S(=O)(=O)NCCCC(F)(F)F)c1N. The van der Waals surface area contributed by atoms with Crippen molar-refractivity contribution < 1.29 is 21.6 Å². The number of benzene rings is 1. The molecular weight excluding hydrogens is 293 g/mol. The van der Waals surface area contributed by atoms with Gasteiger partial charge in [-0.25, -0.2) is 13.1 Å². The number of anilines is 1. The molecule has 0 fully saturated rings. The van der Waals surface area contributed by atoms with Crippen LogP contribution in [0.2, 0.25) is 0 Å². The Hall–Kier alpha value is -1.28. The smallest absolute Gasteiger partial charge is 0.389 e. The summed E-state index contributed by atoms with van der Waals surface area (Å²) in [5.74, 6) is 0. The number of rotatable bonds is 5. The molecule has 0 aromatic heterocycles. The molecule has 0 saturated carbocycles. The van der Waals surface area contributed by atoms with Gasteiger partial charge in [-0.2, -0.15) is 13.2 Å². The van der Waals surface area contributed by atoms with Crippen molar-refractivity contribution in [3.63, 3.8) is 0 Å². The number of nitrogen functional groups attached to an aromatic ring is 1. The fourth-order valence-corrected chi connectivity index (χ4v) is 3.23. The molecule has 0 unspecified atom stereocenters. The molecule has 0 bridgehead atoms. The van der Waals surface area contributed by atoms with Crippen LogP contribution >= 0.6 is 0 Å². The summed E-state index contributed by atoms with van der Waals surface area (Å²) in [7, 11) is -3.90. The van der Waals surface area contributed by atoms with Gasteiger partial charge in [0.1, 0.15) is 4.90 Å². The number of aryl methyl sites for hydroxylation is 2. The Labute approximate surface area is 116 Å². The van der Waals surface area contributed by atoms with Gasteiger partial charge >= 0.3 is 6.18 Å². The summed E-state index contributed by atoms with van der Waals surface area (Å²) in [6.07, 6.45) is -5.63. The van der Waals surface area contributed by atoms with Crippen LogP contribution in [0.4, 0.5) is 18.9 Å². The van der Waals surface area contributed by atoms with E-state index in [1.165, 1.54) is 0 Å². The number of hydrogen-bond acceptors (Lipinski definition) is 3. The lowest BCUT2D eigenvalue weighted by molar-refractivity contribution is -0.135. The first-order chi connectivity index (χ1) is 9.04. The number of sulfonamides is 1. The first-order valence-electron chi connectivity index (χ1n) is 5.96. The van der Waals surface area contributed by atoms with Gasteiger partial charge in [0, 0.05) is 13.0 Å². The molecule has 20 heavy (non-hydrogen) atoms. The normalized spacial score (nSPS) is 12.7. The van der Waals surface area contributed by atoms with Gasteiger partial charge < -0.3 is 5.73 Å². The Bertz CT molecular complexity index is 583. The average molecular weight is 310 g/mol. The second-order valence-corrected chi connectivity index (χ2v) is 6.26. The van der Waals surface area contributed by atoms with E-state index in [1.807, 2.05) is 0 Å². The molecule has 1 aromatic carbocycles. The van der Waals surface area contributed by atoms with Gasteiger partial charge in [-0.05, 0) is 31.4 Å². The lowest BCUT2D eigenvalue weighted by atomic mass is 10.1. The molecule has 0 heterocycles. The Kier molecular flexibility index (Phi) is 5.04.